The zero-order chi connectivity index (χ0) is 19.9. The molecule has 2 rings (SSSR count). The van der Waals surface area contributed by atoms with Crippen molar-refractivity contribution in [3.63, 3.8) is 0 Å². The minimum atomic E-state index is -4.38. The van der Waals surface area contributed by atoms with Gasteiger partial charge in [0.1, 0.15) is 18.7 Å². The van der Waals surface area contributed by atoms with Gasteiger partial charge in [0.25, 0.3) is 0 Å². The topological polar surface area (TPSA) is 58.3 Å². The van der Waals surface area contributed by atoms with Crippen LogP contribution in [-0.4, -0.2) is 45.8 Å². The fraction of sp³-hybridized carbons (Fsp3) is 0.389. The maximum absolute atomic E-state index is 12.7. The molecule has 0 radical (unpaired) electrons. The van der Waals surface area contributed by atoms with E-state index in [1.54, 1.807) is 11.7 Å². The van der Waals surface area contributed by atoms with E-state index in [0.717, 1.165) is 18.0 Å². The lowest BCUT2D eigenvalue weighted by molar-refractivity contribution is -0.137. The van der Waals surface area contributed by atoms with Gasteiger partial charge in [0, 0.05) is 26.2 Å². The molecule has 0 spiro atoms. The molecule has 1 aromatic carbocycles. The molecular formula is C18H21F3N6. The van der Waals surface area contributed by atoms with E-state index in [1.807, 2.05) is 18.9 Å². The summed E-state index contributed by atoms with van der Waals surface area (Å²) in [6, 6.07) is 4.93. The molecule has 0 aliphatic heterocycles. The molecule has 1 N–H and O–H groups in total. The van der Waals surface area contributed by atoms with Crippen molar-refractivity contribution in [2.45, 2.75) is 19.6 Å². The molecule has 0 amide bonds. The summed E-state index contributed by atoms with van der Waals surface area (Å²) >= 11 is 0. The summed E-state index contributed by atoms with van der Waals surface area (Å²) in [6.07, 6.45) is -2.90. The van der Waals surface area contributed by atoms with Crippen molar-refractivity contribution in [1.82, 2.24) is 25.0 Å². The standard InChI is InChI=1S/C18H21F3N6/c1-4-22-17(26(2)12-16-24-13-25-27(16)3)23-10-6-8-14-7-5-9-15(11-14)18(19,20)21/h5,7,9,11,13H,4,10,12H2,1-3H3,(H,22,23). The van der Waals surface area contributed by atoms with Crippen molar-refractivity contribution in [3.05, 3.63) is 47.5 Å². The van der Waals surface area contributed by atoms with Crippen LogP contribution in [0.4, 0.5) is 13.2 Å². The highest BCUT2D eigenvalue weighted by Gasteiger charge is 2.30. The van der Waals surface area contributed by atoms with E-state index in [0.29, 0.717) is 24.6 Å². The lowest BCUT2D eigenvalue weighted by atomic mass is 10.1. The fourth-order valence-electron chi connectivity index (χ4n) is 2.25. The van der Waals surface area contributed by atoms with Crippen LogP contribution >= 0.6 is 0 Å². The van der Waals surface area contributed by atoms with Crippen LogP contribution in [-0.2, 0) is 19.8 Å². The van der Waals surface area contributed by atoms with Gasteiger partial charge < -0.3 is 10.2 Å². The number of benzene rings is 1. The third-order valence-corrected chi connectivity index (χ3v) is 3.61. The Balaban J connectivity index is 2.05. The first-order valence-electron chi connectivity index (χ1n) is 8.29. The van der Waals surface area contributed by atoms with Gasteiger partial charge in [0.15, 0.2) is 5.96 Å². The summed E-state index contributed by atoms with van der Waals surface area (Å²) < 4.78 is 39.8. The largest absolute Gasteiger partial charge is 0.416 e. The average molecular weight is 378 g/mol. The first-order valence-corrected chi connectivity index (χ1v) is 8.29. The summed E-state index contributed by atoms with van der Waals surface area (Å²) in [7, 11) is 3.66. The summed E-state index contributed by atoms with van der Waals surface area (Å²) in [5.74, 6) is 6.91. The number of aromatic nitrogens is 3. The van der Waals surface area contributed by atoms with Crippen molar-refractivity contribution in [2.24, 2.45) is 12.0 Å². The molecule has 144 valence electrons. The molecular weight excluding hydrogens is 357 g/mol. The zero-order valence-electron chi connectivity index (χ0n) is 15.4. The summed E-state index contributed by atoms with van der Waals surface area (Å²) in [4.78, 5) is 10.4. The van der Waals surface area contributed by atoms with Gasteiger partial charge in [-0.25, -0.2) is 9.98 Å². The van der Waals surface area contributed by atoms with Gasteiger partial charge in [-0.05, 0) is 25.1 Å². The molecule has 0 atom stereocenters. The number of hydrogen-bond acceptors (Lipinski definition) is 3. The number of aliphatic imine (C=N–C) groups is 1. The Morgan fingerprint density at radius 1 is 1.37 bits per heavy atom. The number of nitrogens with zero attached hydrogens (tertiary/aromatic N) is 5. The Bertz CT molecular complexity index is 845. The van der Waals surface area contributed by atoms with E-state index < -0.39 is 11.7 Å². The zero-order valence-corrected chi connectivity index (χ0v) is 15.4. The predicted molar refractivity (Wildman–Crippen MR) is 96.8 cm³/mol. The van der Waals surface area contributed by atoms with Gasteiger partial charge in [0.2, 0.25) is 0 Å². The smallest absolute Gasteiger partial charge is 0.356 e. The maximum atomic E-state index is 12.7. The molecule has 0 fully saturated rings. The van der Waals surface area contributed by atoms with Crippen LogP contribution in [0.25, 0.3) is 0 Å². The lowest BCUT2D eigenvalue weighted by Gasteiger charge is -2.21. The van der Waals surface area contributed by atoms with Crippen LogP contribution < -0.4 is 5.32 Å². The van der Waals surface area contributed by atoms with Crippen molar-refractivity contribution < 1.29 is 13.2 Å². The highest BCUT2D eigenvalue weighted by molar-refractivity contribution is 5.79. The van der Waals surface area contributed by atoms with E-state index >= 15 is 0 Å². The Morgan fingerprint density at radius 2 is 2.15 bits per heavy atom. The van der Waals surface area contributed by atoms with Gasteiger partial charge in [-0.1, -0.05) is 17.9 Å². The molecule has 0 saturated heterocycles. The van der Waals surface area contributed by atoms with Gasteiger partial charge in [-0.15, -0.1) is 0 Å². The quantitative estimate of drug-likeness (QED) is 0.504. The molecule has 1 aromatic heterocycles. The predicted octanol–water partition coefficient (Wildman–Crippen LogP) is 2.28. The fourth-order valence-corrected chi connectivity index (χ4v) is 2.25. The molecule has 0 unspecified atom stereocenters. The number of halogens is 3. The molecule has 9 heteroatoms. The molecule has 2 aromatic rings. The van der Waals surface area contributed by atoms with Crippen molar-refractivity contribution in [1.29, 1.82) is 0 Å². The molecule has 6 nitrogen and oxygen atoms in total. The third-order valence-electron chi connectivity index (χ3n) is 3.61. The molecule has 0 bridgehead atoms. The number of nitrogens with one attached hydrogen (secondary N) is 1. The number of guanidine groups is 1. The van der Waals surface area contributed by atoms with Crippen molar-refractivity contribution in [2.75, 3.05) is 20.1 Å². The average Bonchev–Trinajstić information content (AvgIpc) is 3.02. The SMILES string of the molecule is CCNC(=NCC#Cc1cccc(C(F)(F)F)c1)N(C)Cc1ncnn1C. The Labute approximate surface area is 156 Å². The number of aryl methyl sites for hydroxylation is 1. The molecule has 1 heterocycles. The minimum Gasteiger partial charge on any atom is -0.356 e. The molecule has 27 heavy (non-hydrogen) atoms. The second-order valence-corrected chi connectivity index (χ2v) is 5.71. The van der Waals surface area contributed by atoms with E-state index in [4.69, 9.17) is 0 Å². The maximum Gasteiger partial charge on any atom is 0.416 e. The van der Waals surface area contributed by atoms with Crippen LogP contribution in [0.1, 0.15) is 23.9 Å². The van der Waals surface area contributed by atoms with E-state index in [-0.39, 0.29) is 6.54 Å². The second-order valence-electron chi connectivity index (χ2n) is 5.71. The van der Waals surface area contributed by atoms with Gasteiger partial charge in [-0.3, -0.25) is 4.68 Å². The van der Waals surface area contributed by atoms with Crippen molar-refractivity contribution >= 4 is 5.96 Å². The molecule has 0 aliphatic carbocycles. The van der Waals surface area contributed by atoms with Gasteiger partial charge in [0.05, 0.1) is 12.1 Å². The first kappa shape index (κ1) is 20.3. The summed E-state index contributed by atoms with van der Waals surface area (Å²) in [5.41, 5.74) is -0.410. The minimum absolute atomic E-state index is 0.154. The van der Waals surface area contributed by atoms with Gasteiger partial charge in [-0.2, -0.15) is 18.3 Å². The van der Waals surface area contributed by atoms with E-state index in [2.05, 4.69) is 32.2 Å². The van der Waals surface area contributed by atoms with Crippen LogP contribution in [0.15, 0.2) is 35.6 Å². The normalized spacial score (nSPS) is 11.7. The Morgan fingerprint density at radius 3 is 2.78 bits per heavy atom. The van der Waals surface area contributed by atoms with Crippen LogP contribution in [0.2, 0.25) is 0 Å². The van der Waals surface area contributed by atoms with Crippen molar-refractivity contribution in [3.8, 4) is 11.8 Å². The highest BCUT2D eigenvalue weighted by atomic mass is 19.4. The monoisotopic (exact) mass is 378 g/mol. The Hall–Kier alpha value is -3.02. The molecule has 0 saturated carbocycles. The second kappa shape index (κ2) is 9.07. The van der Waals surface area contributed by atoms with Crippen LogP contribution in [0.5, 0.6) is 0 Å². The van der Waals surface area contributed by atoms with Crippen LogP contribution in [0, 0.1) is 11.8 Å². The summed E-state index contributed by atoms with van der Waals surface area (Å²) in [6.45, 7) is 3.27. The van der Waals surface area contributed by atoms with E-state index in [9.17, 15) is 13.2 Å². The summed E-state index contributed by atoms with van der Waals surface area (Å²) in [5, 5.41) is 7.17. The number of rotatable bonds is 4. The highest BCUT2D eigenvalue weighted by Crippen LogP contribution is 2.29. The first-order chi connectivity index (χ1) is 12.8. The third kappa shape index (κ3) is 6.02. The van der Waals surface area contributed by atoms with Gasteiger partial charge >= 0.3 is 6.18 Å². The molecule has 0 aliphatic rings. The van der Waals surface area contributed by atoms with E-state index in [1.165, 1.54) is 18.5 Å². The van der Waals surface area contributed by atoms with Crippen LogP contribution in [0.3, 0.4) is 0 Å². The number of hydrogen-bond donors (Lipinski definition) is 1. The number of alkyl halides is 3. The Kier molecular flexibility index (Phi) is 6.82. The lowest BCUT2D eigenvalue weighted by Crippen LogP contribution is -2.39.